The van der Waals surface area contributed by atoms with E-state index in [1.807, 2.05) is 24.4 Å². The summed E-state index contributed by atoms with van der Waals surface area (Å²) in [6, 6.07) is 12.2. The highest BCUT2D eigenvalue weighted by atomic mass is 35.5. The molecule has 0 atom stereocenters. The summed E-state index contributed by atoms with van der Waals surface area (Å²) in [4.78, 5) is 4.16. The Morgan fingerprint density at radius 1 is 1.14 bits per heavy atom. The monoisotopic (exact) mass is 316 g/mol. The number of hydrogen-bond donors (Lipinski definition) is 1. The normalized spacial score (nSPS) is 17.3. The average Bonchev–Trinajstić information content (AvgIpc) is 2.57. The molecule has 0 radical (unpaired) electrons. The highest BCUT2D eigenvalue weighted by Crippen LogP contribution is 2.38. The second-order valence-electron chi connectivity index (χ2n) is 5.84. The van der Waals surface area contributed by atoms with Gasteiger partial charge in [-0.05, 0) is 36.1 Å². The molecular formula is C18H21ClN2O. The van der Waals surface area contributed by atoms with E-state index in [0.717, 1.165) is 44.2 Å². The van der Waals surface area contributed by atoms with Crippen molar-refractivity contribution in [1.29, 1.82) is 0 Å². The first-order valence-electron chi connectivity index (χ1n) is 7.73. The van der Waals surface area contributed by atoms with E-state index < -0.39 is 0 Å². The Balaban J connectivity index is 1.74. The van der Waals surface area contributed by atoms with Gasteiger partial charge in [0.2, 0.25) is 0 Å². The Kier molecular flexibility index (Phi) is 5.08. The summed E-state index contributed by atoms with van der Waals surface area (Å²) in [5.41, 5.74) is 2.49. The molecule has 1 saturated heterocycles. The van der Waals surface area contributed by atoms with E-state index in [0.29, 0.717) is 0 Å². The zero-order valence-electron chi connectivity index (χ0n) is 12.6. The maximum atomic E-state index is 6.46. The Bertz CT molecular complexity index is 597. The predicted molar refractivity (Wildman–Crippen MR) is 89.1 cm³/mol. The van der Waals surface area contributed by atoms with E-state index in [2.05, 4.69) is 28.5 Å². The molecule has 0 unspecified atom stereocenters. The first-order chi connectivity index (χ1) is 10.8. The standard InChI is InChI=1S/C18H21ClN2O/c19-17-6-2-1-5-16(17)18(7-10-22-11-8-18)14-21-13-15-4-3-9-20-12-15/h1-6,9,12,21H,7-8,10-11,13-14H2. The molecule has 0 aliphatic carbocycles. The van der Waals surface area contributed by atoms with Crippen molar-refractivity contribution < 1.29 is 4.74 Å². The fourth-order valence-corrected chi connectivity index (χ4v) is 3.48. The number of ether oxygens (including phenoxy) is 1. The zero-order chi connectivity index (χ0) is 15.3. The minimum Gasteiger partial charge on any atom is -0.381 e. The molecular weight excluding hydrogens is 296 g/mol. The van der Waals surface area contributed by atoms with Crippen molar-refractivity contribution in [1.82, 2.24) is 10.3 Å². The third-order valence-electron chi connectivity index (χ3n) is 4.41. The van der Waals surface area contributed by atoms with Gasteiger partial charge in [0.25, 0.3) is 0 Å². The van der Waals surface area contributed by atoms with Crippen LogP contribution in [0.3, 0.4) is 0 Å². The SMILES string of the molecule is Clc1ccccc1C1(CNCc2cccnc2)CCOCC1. The van der Waals surface area contributed by atoms with Crippen LogP contribution in [0.25, 0.3) is 0 Å². The van der Waals surface area contributed by atoms with Gasteiger partial charge in [-0.1, -0.05) is 35.9 Å². The number of benzene rings is 1. The van der Waals surface area contributed by atoms with Gasteiger partial charge in [0.1, 0.15) is 0 Å². The first-order valence-corrected chi connectivity index (χ1v) is 8.10. The molecule has 0 saturated carbocycles. The zero-order valence-corrected chi connectivity index (χ0v) is 13.4. The molecule has 1 aromatic carbocycles. The summed E-state index contributed by atoms with van der Waals surface area (Å²) >= 11 is 6.46. The Morgan fingerprint density at radius 3 is 2.68 bits per heavy atom. The highest BCUT2D eigenvalue weighted by Gasteiger charge is 2.35. The van der Waals surface area contributed by atoms with Crippen molar-refractivity contribution in [2.45, 2.75) is 24.8 Å². The maximum absolute atomic E-state index is 6.46. The molecule has 2 aromatic rings. The van der Waals surface area contributed by atoms with Crippen LogP contribution in [0.1, 0.15) is 24.0 Å². The van der Waals surface area contributed by atoms with E-state index in [4.69, 9.17) is 16.3 Å². The van der Waals surface area contributed by atoms with Crippen molar-refractivity contribution in [3.05, 3.63) is 64.9 Å². The summed E-state index contributed by atoms with van der Waals surface area (Å²) in [7, 11) is 0. The molecule has 116 valence electrons. The van der Waals surface area contributed by atoms with E-state index >= 15 is 0 Å². The van der Waals surface area contributed by atoms with Crippen LogP contribution in [0.2, 0.25) is 5.02 Å². The molecule has 4 heteroatoms. The Morgan fingerprint density at radius 2 is 1.95 bits per heavy atom. The Labute approximate surface area is 136 Å². The van der Waals surface area contributed by atoms with Gasteiger partial charge in [-0.25, -0.2) is 0 Å². The van der Waals surface area contributed by atoms with Crippen LogP contribution in [0, 0.1) is 0 Å². The van der Waals surface area contributed by atoms with Gasteiger partial charge in [0, 0.05) is 49.1 Å². The van der Waals surface area contributed by atoms with Gasteiger partial charge in [0.15, 0.2) is 0 Å². The molecule has 3 rings (SSSR count). The summed E-state index contributed by atoms with van der Waals surface area (Å²) < 4.78 is 5.57. The minimum atomic E-state index is 0.0544. The molecule has 1 N–H and O–H groups in total. The lowest BCUT2D eigenvalue weighted by Gasteiger charge is -2.38. The maximum Gasteiger partial charge on any atom is 0.0475 e. The van der Waals surface area contributed by atoms with E-state index in [-0.39, 0.29) is 5.41 Å². The van der Waals surface area contributed by atoms with Crippen LogP contribution in [0.5, 0.6) is 0 Å². The predicted octanol–water partition coefficient (Wildman–Crippen LogP) is 3.57. The molecule has 0 spiro atoms. The fraction of sp³-hybridized carbons (Fsp3) is 0.389. The van der Waals surface area contributed by atoms with Gasteiger partial charge in [-0.15, -0.1) is 0 Å². The molecule has 1 aliphatic heterocycles. The Hall–Kier alpha value is -1.42. The van der Waals surface area contributed by atoms with Crippen molar-refractivity contribution in [3.63, 3.8) is 0 Å². The van der Waals surface area contributed by atoms with E-state index in [1.165, 1.54) is 11.1 Å². The molecule has 1 aliphatic rings. The van der Waals surface area contributed by atoms with Crippen molar-refractivity contribution in [2.75, 3.05) is 19.8 Å². The van der Waals surface area contributed by atoms with Crippen LogP contribution in [-0.2, 0) is 16.7 Å². The van der Waals surface area contributed by atoms with Crippen LogP contribution in [0.4, 0.5) is 0 Å². The molecule has 0 bridgehead atoms. The molecule has 2 heterocycles. The first kappa shape index (κ1) is 15.5. The van der Waals surface area contributed by atoms with Gasteiger partial charge in [-0.2, -0.15) is 0 Å². The van der Waals surface area contributed by atoms with Gasteiger partial charge in [-0.3, -0.25) is 4.98 Å². The van der Waals surface area contributed by atoms with Gasteiger partial charge >= 0.3 is 0 Å². The largest absolute Gasteiger partial charge is 0.381 e. The number of nitrogens with zero attached hydrogens (tertiary/aromatic N) is 1. The summed E-state index contributed by atoms with van der Waals surface area (Å²) in [5, 5.41) is 4.44. The number of halogens is 1. The summed E-state index contributed by atoms with van der Waals surface area (Å²) in [6.07, 6.45) is 5.69. The lowest BCUT2D eigenvalue weighted by atomic mass is 9.74. The fourth-order valence-electron chi connectivity index (χ4n) is 3.14. The summed E-state index contributed by atoms with van der Waals surface area (Å²) in [5.74, 6) is 0. The number of rotatable bonds is 5. The number of hydrogen-bond acceptors (Lipinski definition) is 3. The lowest BCUT2D eigenvalue weighted by molar-refractivity contribution is 0.0498. The average molecular weight is 317 g/mol. The third kappa shape index (κ3) is 3.49. The van der Waals surface area contributed by atoms with Crippen molar-refractivity contribution in [3.8, 4) is 0 Å². The van der Waals surface area contributed by atoms with Crippen molar-refractivity contribution in [2.24, 2.45) is 0 Å². The van der Waals surface area contributed by atoms with Crippen LogP contribution in [0.15, 0.2) is 48.8 Å². The van der Waals surface area contributed by atoms with Crippen LogP contribution < -0.4 is 5.32 Å². The topological polar surface area (TPSA) is 34.2 Å². The quantitative estimate of drug-likeness (QED) is 0.915. The third-order valence-corrected chi connectivity index (χ3v) is 4.74. The van der Waals surface area contributed by atoms with E-state index in [1.54, 1.807) is 6.20 Å². The molecule has 3 nitrogen and oxygen atoms in total. The van der Waals surface area contributed by atoms with Gasteiger partial charge < -0.3 is 10.1 Å². The second kappa shape index (κ2) is 7.23. The number of aromatic nitrogens is 1. The molecule has 1 aromatic heterocycles. The van der Waals surface area contributed by atoms with Crippen LogP contribution >= 0.6 is 11.6 Å². The minimum absolute atomic E-state index is 0.0544. The van der Waals surface area contributed by atoms with Crippen LogP contribution in [-0.4, -0.2) is 24.7 Å². The van der Waals surface area contributed by atoms with E-state index in [9.17, 15) is 0 Å². The molecule has 1 fully saturated rings. The molecule has 0 amide bonds. The highest BCUT2D eigenvalue weighted by molar-refractivity contribution is 6.31. The smallest absolute Gasteiger partial charge is 0.0475 e. The second-order valence-corrected chi connectivity index (χ2v) is 6.24. The number of pyridine rings is 1. The van der Waals surface area contributed by atoms with Crippen molar-refractivity contribution >= 4 is 11.6 Å². The lowest BCUT2D eigenvalue weighted by Crippen LogP contribution is -2.42. The van der Waals surface area contributed by atoms with Gasteiger partial charge in [0.05, 0.1) is 0 Å². The summed E-state index contributed by atoms with van der Waals surface area (Å²) in [6.45, 7) is 3.30. The number of nitrogens with one attached hydrogen (secondary N) is 1. The molecule has 22 heavy (non-hydrogen) atoms.